The SMILES string of the molecule is CCCCCC(=O)C1CC1c1ccccc1. The summed E-state index contributed by atoms with van der Waals surface area (Å²) in [5.74, 6) is 1.34. The van der Waals surface area contributed by atoms with Crippen LogP contribution in [0.2, 0.25) is 0 Å². The zero-order chi connectivity index (χ0) is 11.4. The van der Waals surface area contributed by atoms with Crippen LogP contribution in [0.4, 0.5) is 0 Å². The molecule has 1 aromatic rings. The average molecular weight is 216 g/mol. The number of benzene rings is 1. The quantitative estimate of drug-likeness (QED) is 0.658. The third-order valence-corrected chi connectivity index (χ3v) is 3.46. The Morgan fingerprint density at radius 3 is 2.69 bits per heavy atom. The molecule has 1 aromatic carbocycles. The normalized spacial score (nSPS) is 23.1. The van der Waals surface area contributed by atoms with Crippen molar-refractivity contribution in [2.24, 2.45) is 5.92 Å². The molecule has 2 unspecified atom stereocenters. The second-order valence-electron chi connectivity index (χ2n) is 4.78. The first kappa shape index (κ1) is 11.4. The van der Waals surface area contributed by atoms with Gasteiger partial charge in [0.2, 0.25) is 0 Å². The Morgan fingerprint density at radius 2 is 2.00 bits per heavy atom. The zero-order valence-electron chi connectivity index (χ0n) is 9.99. The summed E-state index contributed by atoms with van der Waals surface area (Å²) in [6, 6.07) is 10.4. The summed E-state index contributed by atoms with van der Waals surface area (Å²) in [5.41, 5.74) is 1.34. The second kappa shape index (κ2) is 5.29. The molecule has 0 heterocycles. The van der Waals surface area contributed by atoms with E-state index < -0.39 is 0 Å². The van der Waals surface area contributed by atoms with Crippen molar-refractivity contribution in [2.75, 3.05) is 0 Å². The van der Waals surface area contributed by atoms with E-state index in [1.54, 1.807) is 0 Å². The Morgan fingerprint density at radius 1 is 1.25 bits per heavy atom. The molecule has 0 spiro atoms. The lowest BCUT2D eigenvalue weighted by Crippen LogP contribution is -2.01. The molecule has 0 aliphatic heterocycles. The van der Waals surface area contributed by atoms with Gasteiger partial charge in [-0.25, -0.2) is 0 Å². The molecule has 16 heavy (non-hydrogen) atoms. The van der Waals surface area contributed by atoms with E-state index in [0.29, 0.717) is 17.6 Å². The minimum Gasteiger partial charge on any atom is -0.299 e. The summed E-state index contributed by atoms with van der Waals surface area (Å²) in [7, 11) is 0. The van der Waals surface area contributed by atoms with Crippen molar-refractivity contribution in [3.63, 3.8) is 0 Å². The Kier molecular flexibility index (Phi) is 3.76. The maximum atomic E-state index is 11.9. The molecule has 86 valence electrons. The summed E-state index contributed by atoms with van der Waals surface area (Å²) >= 11 is 0. The van der Waals surface area contributed by atoms with Gasteiger partial charge >= 0.3 is 0 Å². The highest BCUT2D eigenvalue weighted by Gasteiger charge is 2.42. The number of hydrogen-bond acceptors (Lipinski definition) is 1. The van der Waals surface area contributed by atoms with Crippen LogP contribution < -0.4 is 0 Å². The largest absolute Gasteiger partial charge is 0.299 e. The molecule has 1 aliphatic carbocycles. The van der Waals surface area contributed by atoms with Crippen molar-refractivity contribution in [1.29, 1.82) is 0 Å². The molecule has 0 amide bonds. The first-order valence-corrected chi connectivity index (χ1v) is 6.40. The Bertz CT molecular complexity index is 342. The van der Waals surface area contributed by atoms with Gasteiger partial charge < -0.3 is 0 Å². The molecular formula is C15H20O. The second-order valence-corrected chi connectivity index (χ2v) is 4.78. The molecule has 0 radical (unpaired) electrons. The van der Waals surface area contributed by atoms with Gasteiger partial charge in [-0.3, -0.25) is 4.79 Å². The third-order valence-electron chi connectivity index (χ3n) is 3.46. The molecule has 0 bridgehead atoms. The highest BCUT2D eigenvalue weighted by molar-refractivity contribution is 5.84. The van der Waals surface area contributed by atoms with Crippen LogP contribution >= 0.6 is 0 Å². The summed E-state index contributed by atoms with van der Waals surface area (Å²) in [6.45, 7) is 2.17. The van der Waals surface area contributed by atoms with Crippen molar-refractivity contribution < 1.29 is 4.79 Å². The van der Waals surface area contributed by atoms with Crippen molar-refractivity contribution in [2.45, 2.75) is 44.9 Å². The van der Waals surface area contributed by atoms with Crippen LogP contribution in [-0.2, 0) is 4.79 Å². The first-order chi connectivity index (χ1) is 7.83. The molecule has 0 N–H and O–H groups in total. The Hall–Kier alpha value is -1.11. The fourth-order valence-corrected chi connectivity index (χ4v) is 2.35. The monoisotopic (exact) mass is 216 g/mol. The van der Waals surface area contributed by atoms with Crippen LogP contribution in [0.1, 0.15) is 50.5 Å². The molecule has 2 atom stereocenters. The number of Topliss-reactive ketones (excluding diaryl/α,β-unsaturated/α-hetero) is 1. The Labute approximate surface area is 97.9 Å². The molecule has 0 saturated heterocycles. The van der Waals surface area contributed by atoms with Gasteiger partial charge in [0.15, 0.2) is 0 Å². The van der Waals surface area contributed by atoms with Gasteiger partial charge in [0, 0.05) is 12.3 Å². The van der Waals surface area contributed by atoms with Crippen LogP contribution in [0.25, 0.3) is 0 Å². The molecular weight excluding hydrogens is 196 g/mol. The minimum absolute atomic E-state index is 0.333. The van der Waals surface area contributed by atoms with E-state index in [1.165, 1.54) is 18.4 Å². The van der Waals surface area contributed by atoms with Gasteiger partial charge in [-0.15, -0.1) is 0 Å². The van der Waals surface area contributed by atoms with Crippen molar-refractivity contribution >= 4 is 5.78 Å². The molecule has 1 fully saturated rings. The van der Waals surface area contributed by atoms with E-state index in [2.05, 4.69) is 31.2 Å². The molecule has 1 aliphatic rings. The van der Waals surface area contributed by atoms with Gasteiger partial charge in [0.05, 0.1) is 0 Å². The Balaban J connectivity index is 1.80. The number of unbranched alkanes of at least 4 members (excludes halogenated alkanes) is 2. The van der Waals surface area contributed by atoms with E-state index in [9.17, 15) is 4.79 Å². The smallest absolute Gasteiger partial charge is 0.136 e. The van der Waals surface area contributed by atoms with Gasteiger partial charge in [-0.05, 0) is 24.3 Å². The standard InChI is InChI=1S/C15H20O/c1-2-3-5-10-15(16)14-11-13(14)12-8-6-4-7-9-12/h4,6-9,13-14H,2-3,5,10-11H2,1H3. The van der Waals surface area contributed by atoms with Crippen molar-refractivity contribution in [3.8, 4) is 0 Å². The number of carbonyl (C=O) groups excluding carboxylic acids is 1. The van der Waals surface area contributed by atoms with Crippen LogP contribution in [0.3, 0.4) is 0 Å². The van der Waals surface area contributed by atoms with E-state index in [1.807, 2.05) is 6.07 Å². The van der Waals surface area contributed by atoms with Gasteiger partial charge in [-0.2, -0.15) is 0 Å². The predicted molar refractivity (Wildman–Crippen MR) is 66.4 cm³/mol. The zero-order valence-corrected chi connectivity index (χ0v) is 9.99. The van der Waals surface area contributed by atoms with E-state index in [-0.39, 0.29) is 0 Å². The van der Waals surface area contributed by atoms with Crippen LogP contribution in [-0.4, -0.2) is 5.78 Å². The number of carbonyl (C=O) groups is 1. The van der Waals surface area contributed by atoms with E-state index >= 15 is 0 Å². The maximum absolute atomic E-state index is 11.9. The lowest BCUT2D eigenvalue weighted by Gasteiger charge is -2.00. The van der Waals surface area contributed by atoms with Crippen LogP contribution in [0.5, 0.6) is 0 Å². The van der Waals surface area contributed by atoms with Gasteiger partial charge in [-0.1, -0.05) is 50.1 Å². The molecule has 1 saturated carbocycles. The predicted octanol–water partition coefficient (Wildman–Crippen LogP) is 3.94. The van der Waals surface area contributed by atoms with Crippen LogP contribution in [0, 0.1) is 5.92 Å². The molecule has 0 aromatic heterocycles. The highest BCUT2D eigenvalue weighted by atomic mass is 16.1. The first-order valence-electron chi connectivity index (χ1n) is 6.40. The average Bonchev–Trinajstić information content (AvgIpc) is 3.10. The van der Waals surface area contributed by atoms with Crippen molar-refractivity contribution in [1.82, 2.24) is 0 Å². The van der Waals surface area contributed by atoms with Crippen LogP contribution in [0.15, 0.2) is 30.3 Å². The topological polar surface area (TPSA) is 17.1 Å². The molecule has 1 heteroatoms. The summed E-state index contributed by atoms with van der Waals surface area (Å²) in [4.78, 5) is 11.9. The number of rotatable bonds is 6. The lowest BCUT2D eigenvalue weighted by atomic mass is 10.0. The summed E-state index contributed by atoms with van der Waals surface area (Å²) in [5, 5.41) is 0. The van der Waals surface area contributed by atoms with Gasteiger partial charge in [0.25, 0.3) is 0 Å². The number of ketones is 1. The highest BCUT2D eigenvalue weighted by Crippen LogP contribution is 2.48. The molecule has 2 rings (SSSR count). The van der Waals surface area contributed by atoms with Crippen molar-refractivity contribution in [3.05, 3.63) is 35.9 Å². The maximum Gasteiger partial charge on any atom is 0.136 e. The lowest BCUT2D eigenvalue weighted by molar-refractivity contribution is -0.120. The van der Waals surface area contributed by atoms with E-state index in [4.69, 9.17) is 0 Å². The fourth-order valence-electron chi connectivity index (χ4n) is 2.35. The summed E-state index contributed by atoms with van der Waals surface area (Å²) in [6.07, 6.45) is 5.33. The number of hydrogen-bond donors (Lipinski definition) is 0. The fraction of sp³-hybridized carbons (Fsp3) is 0.533. The third kappa shape index (κ3) is 2.72. The molecule has 1 nitrogen and oxygen atoms in total. The summed E-state index contributed by atoms with van der Waals surface area (Å²) < 4.78 is 0. The minimum atomic E-state index is 0.333. The van der Waals surface area contributed by atoms with E-state index in [0.717, 1.165) is 19.3 Å². The van der Waals surface area contributed by atoms with Gasteiger partial charge in [0.1, 0.15) is 5.78 Å².